The Morgan fingerprint density at radius 1 is 1.00 bits per heavy atom. The minimum absolute atomic E-state index is 0.0911. The standard InChI is InChI=1S/C17H35NO7/c1-2-3-4-5-6-7-8-18-9-12(20)11-24-17-16(23)15(22)14(21)13(10-19)25-17/h12-23H,2-11H2,1H3/t12?,13-,14+,15+,16-,17-/m1/s1. The highest BCUT2D eigenvalue weighted by atomic mass is 16.7. The van der Waals surface area contributed by atoms with Crippen LogP contribution in [-0.2, 0) is 9.47 Å². The van der Waals surface area contributed by atoms with E-state index in [9.17, 15) is 20.4 Å². The van der Waals surface area contributed by atoms with Gasteiger partial charge in [0.15, 0.2) is 6.29 Å². The first kappa shape index (κ1) is 22.7. The lowest BCUT2D eigenvalue weighted by Crippen LogP contribution is -2.59. The van der Waals surface area contributed by atoms with E-state index >= 15 is 0 Å². The van der Waals surface area contributed by atoms with Gasteiger partial charge in [0, 0.05) is 6.54 Å². The van der Waals surface area contributed by atoms with Crippen LogP contribution in [0.4, 0.5) is 0 Å². The van der Waals surface area contributed by atoms with Gasteiger partial charge in [-0.2, -0.15) is 0 Å². The second-order valence-corrected chi connectivity index (χ2v) is 6.66. The van der Waals surface area contributed by atoms with Crippen LogP contribution in [0, 0.1) is 0 Å². The van der Waals surface area contributed by atoms with Crippen LogP contribution in [-0.4, -0.2) is 88.6 Å². The summed E-state index contributed by atoms with van der Waals surface area (Å²) in [4.78, 5) is 0. The van der Waals surface area contributed by atoms with Gasteiger partial charge in [-0.15, -0.1) is 0 Å². The Morgan fingerprint density at radius 3 is 2.36 bits per heavy atom. The van der Waals surface area contributed by atoms with Crippen molar-refractivity contribution in [1.29, 1.82) is 0 Å². The van der Waals surface area contributed by atoms with Gasteiger partial charge in [0.2, 0.25) is 0 Å². The number of ether oxygens (including phenoxy) is 2. The zero-order valence-corrected chi connectivity index (χ0v) is 15.1. The number of hydrogen-bond donors (Lipinski definition) is 6. The lowest BCUT2D eigenvalue weighted by atomic mass is 9.99. The third kappa shape index (κ3) is 8.27. The predicted octanol–water partition coefficient (Wildman–Crippen LogP) is -0.886. The third-order valence-electron chi connectivity index (χ3n) is 4.39. The lowest BCUT2D eigenvalue weighted by molar-refractivity contribution is -0.304. The highest BCUT2D eigenvalue weighted by Gasteiger charge is 2.44. The summed E-state index contributed by atoms with van der Waals surface area (Å²) in [7, 11) is 0. The minimum Gasteiger partial charge on any atom is -0.394 e. The first-order chi connectivity index (χ1) is 12.0. The summed E-state index contributed by atoms with van der Waals surface area (Å²) in [5.74, 6) is 0. The van der Waals surface area contributed by atoms with Gasteiger partial charge in [-0.05, 0) is 13.0 Å². The number of unbranched alkanes of at least 4 members (excludes halogenated alkanes) is 5. The molecule has 0 spiro atoms. The quantitative estimate of drug-likeness (QED) is 0.232. The van der Waals surface area contributed by atoms with Gasteiger partial charge >= 0.3 is 0 Å². The molecule has 1 aliphatic heterocycles. The number of rotatable bonds is 13. The van der Waals surface area contributed by atoms with Crippen molar-refractivity contribution >= 4 is 0 Å². The number of nitrogens with one attached hydrogen (secondary N) is 1. The number of hydrogen-bond acceptors (Lipinski definition) is 8. The molecule has 1 rings (SSSR count). The fraction of sp³-hybridized carbons (Fsp3) is 1.00. The van der Waals surface area contributed by atoms with E-state index in [2.05, 4.69) is 12.2 Å². The SMILES string of the molecule is CCCCCCCCNCC(O)CO[C@@H]1O[C@H](CO)[C@H](O)[C@H](O)[C@H]1O. The molecule has 1 saturated heterocycles. The minimum atomic E-state index is -1.47. The maximum absolute atomic E-state index is 9.89. The monoisotopic (exact) mass is 365 g/mol. The van der Waals surface area contributed by atoms with Crippen LogP contribution >= 0.6 is 0 Å². The highest BCUT2D eigenvalue weighted by molar-refractivity contribution is 4.88. The number of aliphatic hydroxyl groups excluding tert-OH is 5. The van der Waals surface area contributed by atoms with Crippen molar-refractivity contribution in [3.63, 3.8) is 0 Å². The highest BCUT2D eigenvalue weighted by Crippen LogP contribution is 2.21. The van der Waals surface area contributed by atoms with E-state index < -0.39 is 43.4 Å². The van der Waals surface area contributed by atoms with Crippen LogP contribution < -0.4 is 5.32 Å². The molecule has 0 aliphatic carbocycles. The Kier molecular flexibility index (Phi) is 11.8. The Hall–Kier alpha value is -0.320. The van der Waals surface area contributed by atoms with Crippen LogP contribution in [0.15, 0.2) is 0 Å². The Morgan fingerprint density at radius 2 is 1.68 bits per heavy atom. The maximum Gasteiger partial charge on any atom is 0.186 e. The molecular weight excluding hydrogens is 330 g/mol. The van der Waals surface area contributed by atoms with Crippen molar-refractivity contribution in [2.24, 2.45) is 0 Å². The molecule has 0 aromatic carbocycles. The third-order valence-corrected chi connectivity index (χ3v) is 4.39. The molecular formula is C17H35NO7. The first-order valence-electron chi connectivity index (χ1n) is 9.32. The second kappa shape index (κ2) is 12.9. The van der Waals surface area contributed by atoms with Crippen molar-refractivity contribution < 1.29 is 35.0 Å². The molecule has 1 heterocycles. The van der Waals surface area contributed by atoms with Crippen LogP contribution in [0.25, 0.3) is 0 Å². The molecule has 1 aliphatic rings. The van der Waals surface area contributed by atoms with E-state index in [1.165, 1.54) is 32.1 Å². The molecule has 6 N–H and O–H groups in total. The molecule has 8 nitrogen and oxygen atoms in total. The molecule has 0 bridgehead atoms. The molecule has 0 saturated carbocycles. The summed E-state index contributed by atoms with van der Waals surface area (Å²) in [6, 6.07) is 0. The fourth-order valence-corrected chi connectivity index (χ4v) is 2.77. The van der Waals surface area contributed by atoms with E-state index in [1.807, 2.05) is 0 Å². The molecule has 8 heteroatoms. The smallest absolute Gasteiger partial charge is 0.186 e. The fourth-order valence-electron chi connectivity index (χ4n) is 2.77. The van der Waals surface area contributed by atoms with Gasteiger partial charge in [-0.1, -0.05) is 39.0 Å². The predicted molar refractivity (Wildman–Crippen MR) is 92.0 cm³/mol. The molecule has 150 valence electrons. The van der Waals surface area contributed by atoms with E-state index in [4.69, 9.17) is 14.6 Å². The van der Waals surface area contributed by atoms with E-state index in [0.717, 1.165) is 13.0 Å². The zero-order valence-electron chi connectivity index (χ0n) is 15.1. The second-order valence-electron chi connectivity index (χ2n) is 6.66. The summed E-state index contributed by atoms with van der Waals surface area (Å²) in [6.07, 6.45) is -0.0783. The normalized spacial score (nSPS) is 31.2. The van der Waals surface area contributed by atoms with Crippen LogP contribution in [0.5, 0.6) is 0 Å². The Balaban J connectivity index is 2.13. The van der Waals surface area contributed by atoms with Crippen LogP contribution in [0.3, 0.4) is 0 Å². The largest absolute Gasteiger partial charge is 0.394 e. The summed E-state index contributed by atoms with van der Waals surface area (Å²) in [5, 5.41) is 51.3. The van der Waals surface area contributed by atoms with E-state index in [-0.39, 0.29) is 6.61 Å². The van der Waals surface area contributed by atoms with Gasteiger partial charge < -0.3 is 40.3 Å². The average Bonchev–Trinajstić information content (AvgIpc) is 2.61. The molecule has 1 unspecified atom stereocenters. The average molecular weight is 365 g/mol. The summed E-state index contributed by atoms with van der Waals surface area (Å²) in [5.41, 5.74) is 0. The summed E-state index contributed by atoms with van der Waals surface area (Å²) in [6.45, 7) is 2.77. The van der Waals surface area contributed by atoms with Gasteiger partial charge in [0.05, 0.1) is 19.3 Å². The molecule has 6 atom stereocenters. The van der Waals surface area contributed by atoms with Gasteiger partial charge in [0.1, 0.15) is 24.4 Å². The lowest BCUT2D eigenvalue weighted by Gasteiger charge is -2.39. The van der Waals surface area contributed by atoms with Crippen molar-refractivity contribution in [3.05, 3.63) is 0 Å². The van der Waals surface area contributed by atoms with E-state index in [1.54, 1.807) is 0 Å². The topological polar surface area (TPSA) is 132 Å². The van der Waals surface area contributed by atoms with Crippen LogP contribution in [0.1, 0.15) is 45.4 Å². The first-order valence-corrected chi connectivity index (χ1v) is 9.32. The van der Waals surface area contributed by atoms with E-state index in [0.29, 0.717) is 6.54 Å². The maximum atomic E-state index is 9.89. The molecule has 1 fully saturated rings. The van der Waals surface area contributed by atoms with Gasteiger partial charge in [-0.25, -0.2) is 0 Å². The van der Waals surface area contributed by atoms with Gasteiger partial charge in [-0.3, -0.25) is 0 Å². The number of aliphatic hydroxyl groups is 5. The molecule has 25 heavy (non-hydrogen) atoms. The molecule has 0 radical (unpaired) electrons. The van der Waals surface area contributed by atoms with Crippen LogP contribution in [0.2, 0.25) is 0 Å². The van der Waals surface area contributed by atoms with Crippen molar-refractivity contribution in [2.45, 2.75) is 82.3 Å². The Bertz CT molecular complexity index is 332. The van der Waals surface area contributed by atoms with Gasteiger partial charge in [0.25, 0.3) is 0 Å². The summed E-state index contributed by atoms with van der Waals surface area (Å²) >= 11 is 0. The summed E-state index contributed by atoms with van der Waals surface area (Å²) < 4.78 is 10.5. The molecule has 0 amide bonds. The molecule has 0 aromatic rings. The zero-order chi connectivity index (χ0) is 18.7. The van der Waals surface area contributed by atoms with Crippen molar-refractivity contribution in [2.75, 3.05) is 26.3 Å². The van der Waals surface area contributed by atoms with Crippen molar-refractivity contribution in [1.82, 2.24) is 5.32 Å². The van der Waals surface area contributed by atoms with Crippen molar-refractivity contribution in [3.8, 4) is 0 Å². The molecule has 0 aromatic heterocycles. The Labute approximate surface area is 149 Å².